The summed E-state index contributed by atoms with van der Waals surface area (Å²) in [5.74, 6) is -0.926. The van der Waals surface area contributed by atoms with Gasteiger partial charge in [0.25, 0.3) is 0 Å². The first kappa shape index (κ1) is 16.2. The molecule has 23 heavy (non-hydrogen) atoms. The van der Waals surface area contributed by atoms with Crippen LogP contribution in [0.4, 0.5) is 10.1 Å². The highest BCUT2D eigenvalue weighted by Gasteiger charge is 2.35. The SMILES string of the molecule is O=C(Nc1cccc(Cl)c1)[C@@H]1NCC[C@@H]1c1cccc(Cl)c1F. The third-order valence-corrected chi connectivity index (χ3v) is 4.50. The lowest BCUT2D eigenvalue weighted by Crippen LogP contribution is -2.39. The van der Waals surface area contributed by atoms with E-state index in [0.29, 0.717) is 29.2 Å². The number of halogens is 3. The number of carbonyl (C=O) groups excluding carboxylic acids is 1. The molecule has 6 heteroatoms. The van der Waals surface area contributed by atoms with E-state index in [9.17, 15) is 9.18 Å². The van der Waals surface area contributed by atoms with E-state index in [4.69, 9.17) is 23.2 Å². The van der Waals surface area contributed by atoms with Crippen molar-refractivity contribution in [1.82, 2.24) is 5.32 Å². The van der Waals surface area contributed by atoms with Crippen LogP contribution in [0.1, 0.15) is 17.9 Å². The molecule has 1 aliphatic rings. The molecule has 1 saturated heterocycles. The van der Waals surface area contributed by atoms with Crippen molar-refractivity contribution in [2.75, 3.05) is 11.9 Å². The number of anilines is 1. The Morgan fingerprint density at radius 3 is 2.78 bits per heavy atom. The van der Waals surface area contributed by atoms with Gasteiger partial charge in [0.05, 0.1) is 11.1 Å². The third-order valence-electron chi connectivity index (χ3n) is 3.98. The lowest BCUT2D eigenvalue weighted by Gasteiger charge is -2.20. The van der Waals surface area contributed by atoms with Crippen LogP contribution in [0.5, 0.6) is 0 Å². The van der Waals surface area contributed by atoms with Crippen LogP contribution in [-0.4, -0.2) is 18.5 Å². The van der Waals surface area contributed by atoms with Crippen LogP contribution in [-0.2, 0) is 4.79 Å². The van der Waals surface area contributed by atoms with Crippen molar-refractivity contribution >= 4 is 34.8 Å². The van der Waals surface area contributed by atoms with Gasteiger partial charge in [-0.05, 0) is 42.8 Å². The first-order valence-electron chi connectivity index (χ1n) is 7.30. The fourth-order valence-corrected chi connectivity index (χ4v) is 3.28. The topological polar surface area (TPSA) is 41.1 Å². The second kappa shape index (κ2) is 6.87. The van der Waals surface area contributed by atoms with Gasteiger partial charge in [-0.3, -0.25) is 4.79 Å². The van der Waals surface area contributed by atoms with Crippen LogP contribution in [0.3, 0.4) is 0 Å². The first-order valence-corrected chi connectivity index (χ1v) is 8.05. The Kier molecular flexibility index (Phi) is 4.85. The van der Waals surface area contributed by atoms with Gasteiger partial charge in [0.2, 0.25) is 5.91 Å². The monoisotopic (exact) mass is 352 g/mol. The van der Waals surface area contributed by atoms with Crippen LogP contribution in [0.15, 0.2) is 42.5 Å². The molecule has 2 atom stereocenters. The Morgan fingerprint density at radius 2 is 2.00 bits per heavy atom. The minimum absolute atomic E-state index is 0.0726. The molecule has 0 spiro atoms. The first-order chi connectivity index (χ1) is 11.1. The minimum Gasteiger partial charge on any atom is -0.325 e. The van der Waals surface area contributed by atoms with Crippen molar-refractivity contribution in [3.8, 4) is 0 Å². The number of amides is 1. The fourth-order valence-electron chi connectivity index (χ4n) is 2.91. The average molecular weight is 353 g/mol. The summed E-state index contributed by atoms with van der Waals surface area (Å²) < 4.78 is 14.3. The Labute approximate surface area is 143 Å². The predicted molar refractivity (Wildman–Crippen MR) is 90.6 cm³/mol. The van der Waals surface area contributed by atoms with E-state index < -0.39 is 11.9 Å². The molecule has 0 radical (unpaired) electrons. The molecule has 0 bridgehead atoms. The summed E-state index contributed by atoms with van der Waals surface area (Å²) in [6.45, 7) is 0.643. The van der Waals surface area contributed by atoms with Gasteiger partial charge in [0.1, 0.15) is 5.82 Å². The van der Waals surface area contributed by atoms with Gasteiger partial charge in [-0.25, -0.2) is 4.39 Å². The summed E-state index contributed by atoms with van der Waals surface area (Å²) in [7, 11) is 0. The molecule has 2 N–H and O–H groups in total. The highest BCUT2D eigenvalue weighted by Crippen LogP contribution is 2.33. The van der Waals surface area contributed by atoms with Crippen LogP contribution in [0.2, 0.25) is 10.0 Å². The maximum Gasteiger partial charge on any atom is 0.242 e. The highest BCUT2D eigenvalue weighted by atomic mass is 35.5. The Morgan fingerprint density at radius 1 is 1.22 bits per heavy atom. The maximum absolute atomic E-state index is 14.3. The van der Waals surface area contributed by atoms with E-state index in [1.54, 1.807) is 36.4 Å². The van der Waals surface area contributed by atoms with Gasteiger partial charge in [0.15, 0.2) is 0 Å². The highest BCUT2D eigenvalue weighted by molar-refractivity contribution is 6.31. The molecular weight excluding hydrogens is 338 g/mol. The normalized spacial score (nSPS) is 20.5. The molecule has 1 amide bonds. The molecular formula is C17H15Cl2FN2O. The largest absolute Gasteiger partial charge is 0.325 e. The number of hydrogen-bond acceptors (Lipinski definition) is 2. The quantitative estimate of drug-likeness (QED) is 0.868. The van der Waals surface area contributed by atoms with Crippen molar-refractivity contribution in [3.63, 3.8) is 0 Å². The van der Waals surface area contributed by atoms with E-state index >= 15 is 0 Å². The molecule has 0 saturated carbocycles. The average Bonchev–Trinajstić information content (AvgIpc) is 2.99. The van der Waals surface area contributed by atoms with E-state index in [0.717, 1.165) is 0 Å². The molecule has 3 rings (SSSR count). The maximum atomic E-state index is 14.3. The second-order valence-electron chi connectivity index (χ2n) is 5.47. The number of carbonyl (C=O) groups is 1. The Hall–Kier alpha value is -1.62. The van der Waals surface area contributed by atoms with Gasteiger partial charge in [0, 0.05) is 16.6 Å². The number of benzene rings is 2. The van der Waals surface area contributed by atoms with Crippen molar-refractivity contribution in [3.05, 3.63) is 63.9 Å². The molecule has 120 valence electrons. The number of rotatable bonds is 3. The van der Waals surface area contributed by atoms with E-state index in [2.05, 4.69) is 10.6 Å². The van der Waals surface area contributed by atoms with Crippen molar-refractivity contribution in [2.45, 2.75) is 18.4 Å². The Balaban J connectivity index is 1.81. The van der Waals surface area contributed by atoms with E-state index in [1.807, 2.05) is 0 Å². The van der Waals surface area contributed by atoms with Gasteiger partial charge in [-0.1, -0.05) is 41.4 Å². The van der Waals surface area contributed by atoms with Crippen molar-refractivity contribution in [1.29, 1.82) is 0 Å². The minimum atomic E-state index is -0.512. The van der Waals surface area contributed by atoms with Crippen LogP contribution < -0.4 is 10.6 Å². The van der Waals surface area contributed by atoms with Crippen molar-refractivity contribution < 1.29 is 9.18 Å². The summed E-state index contributed by atoms with van der Waals surface area (Å²) in [5, 5.41) is 6.56. The van der Waals surface area contributed by atoms with Crippen molar-refractivity contribution in [2.24, 2.45) is 0 Å². The predicted octanol–water partition coefficient (Wildman–Crippen LogP) is 4.22. The van der Waals surface area contributed by atoms with Crippen LogP contribution in [0, 0.1) is 5.82 Å². The summed E-state index contributed by atoms with van der Waals surface area (Å²) >= 11 is 11.8. The summed E-state index contributed by atoms with van der Waals surface area (Å²) in [6.07, 6.45) is 0.672. The zero-order valence-electron chi connectivity index (χ0n) is 12.2. The molecule has 0 unspecified atom stereocenters. The molecule has 0 aromatic heterocycles. The summed E-state index contributed by atoms with van der Waals surface area (Å²) in [6, 6.07) is 11.3. The summed E-state index contributed by atoms with van der Waals surface area (Å²) in [5.41, 5.74) is 1.08. The number of nitrogens with one attached hydrogen (secondary N) is 2. The van der Waals surface area contributed by atoms with Gasteiger partial charge < -0.3 is 10.6 Å². The molecule has 1 heterocycles. The standard InChI is InChI=1S/C17H15Cl2FN2O/c18-10-3-1-4-11(9-10)22-17(23)16-13(7-8-21-16)12-5-2-6-14(19)15(12)20/h1-6,9,13,16,21H,7-8H2,(H,22,23)/t13-,16-/m1/s1. The van der Waals surface area contributed by atoms with Gasteiger partial charge >= 0.3 is 0 Å². The molecule has 2 aromatic carbocycles. The Bertz CT molecular complexity index is 738. The van der Waals surface area contributed by atoms with Crippen LogP contribution >= 0.6 is 23.2 Å². The molecule has 3 nitrogen and oxygen atoms in total. The zero-order chi connectivity index (χ0) is 16.4. The number of hydrogen-bond donors (Lipinski definition) is 2. The summed E-state index contributed by atoms with van der Waals surface area (Å²) in [4.78, 5) is 12.5. The third kappa shape index (κ3) is 3.50. The molecule has 1 fully saturated rings. The van der Waals surface area contributed by atoms with Gasteiger partial charge in [-0.2, -0.15) is 0 Å². The van der Waals surface area contributed by atoms with E-state index in [-0.39, 0.29) is 16.8 Å². The zero-order valence-corrected chi connectivity index (χ0v) is 13.7. The lowest BCUT2D eigenvalue weighted by atomic mass is 9.91. The molecule has 2 aromatic rings. The molecule has 0 aliphatic carbocycles. The van der Waals surface area contributed by atoms with Gasteiger partial charge in [-0.15, -0.1) is 0 Å². The smallest absolute Gasteiger partial charge is 0.242 e. The fraction of sp³-hybridized carbons (Fsp3) is 0.235. The molecule has 1 aliphatic heterocycles. The van der Waals surface area contributed by atoms with E-state index in [1.165, 1.54) is 6.07 Å². The van der Waals surface area contributed by atoms with Crippen LogP contribution in [0.25, 0.3) is 0 Å². The second-order valence-corrected chi connectivity index (χ2v) is 6.31. The lowest BCUT2D eigenvalue weighted by molar-refractivity contribution is -0.118.